The summed E-state index contributed by atoms with van der Waals surface area (Å²) in [6.45, 7) is 0. The summed E-state index contributed by atoms with van der Waals surface area (Å²) in [5.74, 6) is 0. The van der Waals surface area contributed by atoms with Gasteiger partial charge in [0.15, 0.2) is 0 Å². The molecule has 0 bridgehead atoms. The Morgan fingerprint density at radius 3 is 0.857 bits per heavy atom. The Balaban J connectivity index is -0.0000000800. The zero-order valence-corrected chi connectivity index (χ0v) is 9.90. The van der Waals surface area contributed by atoms with E-state index in [1.165, 1.54) is 0 Å². The molecule has 0 aromatic heterocycles. The van der Waals surface area contributed by atoms with Gasteiger partial charge in [-0.05, 0) is 0 Å². The third-order valence-corrected chi connectivity index (χ3v) is 0. The quantitative estimate of drug-likeness (QED) is 0.351. The summed E-state index contributed by atoms with van der Waals surface area (Å²) >= 11 is -5.00. The van der Waals surface area contributed by atoms with E-state index in [2.05, 4.69) is 0 Å². The maximum absolute atomic E-state index is 7.38. The van der Waals surface area contributed by atoms with Crippen LogP contribution in [0.1, 0.15) is 0 Å². The molecule has 0 aliphatic rings. The Labute approximate surface area is 73.2 Å². The Morgan fingerprint density at radius 2 is 0.857 bits per heavy atom. The van der Waals surface area contributed by atoms with E-state index in [1.807, 2.05) is 0 Å². The summed E-state index contributed by atoms with van der Waals surface area (Å²) in [6, 6.07) is 0. The van der Waals surface area contributed by atoms with Gasteiger partial charge in [-0.3, -0.25) is 0 Å². The molecule has 0 atom stereocenters. The van der Waals surface area contributed by atoms with E-state index >= 15 is 0 Å². The second kappa shape index (κ2) is 5.99. The standard InChI is InChI=1S/Ni.4H2O.Sb.Ti.3H/h;4*1H2;;;;;/q;;;;;;+4;;;/p-4. The normalized spacial score (nSPS) is 8.57. The first kappa shape index (κ1) is 15.9. The molecule has 0 aliphatic heterocycles. The Kier molecular flexibility index (Phi) is 13.6. The third kappa shape index (κ3) is 77.7. The molecule has 0 aliphatic carbocycles. The summed E-state index contributed by atoms with van der Waals surface area (Å²) in [7, 11) is 0. The van der Waals surface area contributed by atoms with Crippen LogP contribution in [0.25, 0.3) is 0 Å². The van der Waals surface area contributed by atoms with Crippen LogP contribution in [0.4, 0.5) is 0 Å². The van der Waals surface area contributed by atoms with Crippen molar-refractivity contribution in [1.82, 2.24) is 0 Å². The van der Waals surface area contributed by atoms with Crippen LogP contribution in [0.5, 0.6) is 0 Å². The van der Waals surface area contributed by atoms with Crippen LogP contribution in [0.15, 0.2) is 0 Å². The van der Waals surface area contributed by atoms with Gasteiger partial charge >= 0.3 is 57.3 Å². The SMILES string of the molecule is [Ni].[OH][Ti]([OH])([OH])[OH].[SbH3]. The molecular formula is H7NiO4SbTi. The van der Waals surface area contributed by atoms with Gasteiger partial charge in [0, 0.05) is 16.5 Å². The van der Waals surface area contributed by atoms with Crippen molar-refractivity contribution in [2.45, 2.75) is 0 Å². The molecule has 0 amide bonds. The number of hydrogen-bond donors (Lipinski definition) is 4. The van der Waals surface area contributed by atoms with E-state index in [0.717, 1.165) is 0 Å². The average molecular weight is 299 g/mol. The maximum atomic E-state index is 7.38. The molecule has 7 heteroatoms. The minimum absolute atomic E-state index is 0. The molecule has 0 saturated heterocycles. The van der Waals surface area contributed by atoms with Crippen LogP contribution < -0.4 is 0 Å². The van der Waals surface area contributed by atoms with Crippen molar-refractivity contribution in [3.05, 3.63) is 0 Å². The minimum atomic E-state index is -5.00. The first-order chi connectivity index (χ1) is 2.00. The molecule has 0 rings (SSSR count). The van der Waals surface area contributed by atoms with Crippen LogP contribution in [-0.2, 0) is 34.6 Å². The molecule has 4 nitrogen and oxygen atoms in total. The zero-order chi connectivity index (χ0) is 4.50. The van der Waals surface area contributed by atoms with Crippen molar-refractivity contribution in [1.29, 1.82) is 0 Å². The molecule has 0 saturated carbocycles. The van der Waals surface area contributed by atoms with Crippen LogP contribution >= 0.6 is 0 Å². The molecule has 0 aromatic rings. The van der Waals surface area contributed by atoms with Crippen molar-refractivity contribution >= 4 is 24.4 Å². The van der Waals surface area contributed by atoms with E-state index in [0.29, 0.717) is 0 Å². The topological polar surface area (TPSA) is 80.9 Å². The first-order valence-corrected chi connectivity index (χ1v) is 3.69. The van der Waals surface area contributed by atoms with E-state index in [4.69, 9.17) is 14.8 Å². The van der Waals surface area contributed by atoms with E-state index in [-0.39, 0.29) is 40.9 Å². The Bertz CT molecular complexity index is 27.2. The average Bonchev–Trinajstić information content (AvgIpc) is 0.722. The molecule has 7 heavy (non-hydrogen) atoms. The van der Waals surface area contributed by atoms with Gasteiger partial charge in [0.2, 0.25) is 0 Å². The van der Waals surface area contributed by atoms with Crippen molar-refractivity contribution < 1.29 is 49.4 Å². The fourth-order valence-corrected chi connectivity index (χ4v) is 0. The molecule has 50 valence electrons. The van der Waals surface area contributed by atoms with Crippen LogP contribution in [0.3, 0.4) is 0 Å². The number of hydrogen-bond acceptors (Lipinski definition) is 4. The van der Waals surface area contributed by atoms with Crippen molar-refractivity contribution in [3.63, 3.8) is 0 Å². The van der Waals surface area contributed by atoms with E-state index in [9.17, 15) is 0 Å². The van der Waals surface area contributed by atoms with Crippen LogP contribution in [0, 0.1) is 0 Å². The molecule has 0 spiro atoms. The van der Waals surface area contributed by atoms with Gasteiger partial charge < -0.3 is 0 Å². The summed E-state index contributed by atoms with van der Waals surface area (Å²) in [4.78, 5) is 0. The molecular weight excluding hydrogens is 292 g/mol. The summed E-state index contributed by atoms with van der Waals surface area (Å²) in [5, 5.41) is 0. The van der Waals surface area contributed by atoms with Crippen LogP contribution in [0.2, 0.25) is 0 Å². The zero-order valence-electron chi connectivity index (χ0n) is 3.31. The molecule has 4 N–H and O–H groups in total. The first-order valence-electron chi connectivity index (χ1n) is 0.894. The predicted molar refractivity (Wildman–Crippen MR) is 18.8 cm³/mol. The van der Waals surface area contributed by atoms with Crippen molar-refractivity contribution in [3.8, 4) is 0 Å². The van der Waals surface area contributed by atoms with Crippen LogP contribution in [-0.4, -0.2) is 39.2 Å². The van der Waals surface area contributed by atoms with Crippen molar-refractivity contribution in [2.24, 2.45) is 0 Å². The predicted octanol–water partition coefficient (Wildman–Crippen LogP) is -3.42. The van der Waals surface area contributed by atoms with Gasteiger partial charge in [0.1, 0.15) is 0 Å². The van der Waals surface area contributed by atoms with Gasteiger partial charge in [-0.1, -0.05) is 0 Å². The fourth-order valence-electron chi connectivity index (χ4n) is 0. The second-order valence-electron chi connectivity index (χ2n) is 0.600. The van der Waals surface area contributed by atoms with E-state index in [1.54, 1.807) is 0 Å². The van der Waals surface area contributed by atoms with E-state index < -0.39 is 18.1 Å². The summed E-state index contributed by atoms with van der Waals surface area (Å²) in [6.07, 6.45) is 0. The van der Waals surface area contributed by atoms with Gasteiger partial charge in [-0.15, -0.1) is 0 Å². The third-order valence-electron chi connectivity index (χ3n) is 0. The Hall–Kier alpha value is 1.87. The molecule has 0 fully saturated rings. The van der Waals surface area contributed by atoms with Gasteiger partial charge in [0.25, 0.3) is 0 Å². The molecule has 0 heterocycles. The second-order valence-corrected chi connectivity index (χ2v) is 2.47. The molecule has 0 aromatic carbocycles. The summed E-state index contributed by atoms with van der Waals surface area (Å²) < 4.78 is 29.5. The van der Waals surface area contributed by atoms with Gasteiger partial charge in [-0.25, -0.2) is 0 Å². The number of rotatable bonds is 0. The molecule has 0 unspecified atom stereocenters. The fraction of sp³-hybridized carbons (Fsp3) is 0. The van der Waals surface area contributed by atoms with Gasteiger partial charge in [-0.2, -0.15) is 0 Å². The van der Waals surface area contributed by atoms with Gasteiger partial charge in [0.05, 0.1) is 0 Å². The molecule has 0 radical (unpaired) electrons. The van der Waals surface area contributed by atoms with Crippen molar-refractivity contribution in [2.75, 3.05) is 0 Å². The Morgan fingerprint density at radius 1 is 0.857 bits per heavy atom. The summed E-state index contributed by atoms with van der Waals surface area (Å²) in [5.41, 5.74) is 0. The monoisotopic (exact) mass is 298 g/mol.